The van der Waals surface area contributed by atoms with Gasteiger partial charge in [-0.15, -0.1) is 5.10 Å². The van der Waals surface area contributed by atoms with Crippen molar-refractivity contribution in [3.8, 4) is 17.2 Å². The number of benzene rings is 2. The van der Waals surface area contributed by atoms with E-state index >= 15 is 0 Å². The molecule has 1 N–H and O–H groups in total. The molecule has 208 valence electrons. The number of rotatable bonds is 12. The predicted molar refractivity (Wildman–Crippen MR) is 149 cm³/mol. The van der Waals surface area contributed by atoms with Gasteiger partial charge >= 0.3 is 0 Å². The van der Waals surface area contributed by atoms with Crippen molar-refractivity contribution < 1.29 is 18.6 Å². The van der Waals surface area contributed by atoms with Crippen LogP contribution in [0.5, 0.6) is 17.2 Å². The first-order chi connectivity index (χ1) is 19.5. The van der Waals surface area contributed by atoms with E-state index in [-0.39, 0.29) is 11.6 Å². The largest absolute Gasteiger partial charge is 0.497 e. The number of H-pyrrole nitrogens is 1. The monoisotopic (exact) mass is 544 g/mol. The number of pyridine rings is 1. The summed E-state index contributed by atoms with van der Waals surface area (Å²) in [5.74, 6) is 3.36. The summed E-state index contributed by atoms with van der Waals surface area (Å²) in [4.78, 5) is 18.5. The maximum Gasteiger partial charge on any atom is 0.252 e. The molecular formula is C29H32N6O5. The first-order valence-electron chi connectivity index (χ1n) is 13.0. The van der Waals surface area contributed by atoms with Crippen molar-refractivity contribution in [2.75, 3.05) is 21.3 Å². The number of methoxy groups -OCH3 is 3. The van der Waals surface area contributed by atoms with Gasteiger partial charge in [0.05, 0.1) is 39.2 Å². The van der Waals surface area contributed by atoms with Gasteiger partial charge < -0.3 is 23.6 Å². The molecule has 1 atom stereocenters. The van der Waals surface area contributed by atoms with Crippen molar-refractivity contribution in [2.24, 2.45) is 0 Å². The zero-order chi connectivity index (χ0) is 28.1. The highest BCUT2D eigenvalue weighted by atomic mass is 16.5. The number of fused-ring (bicyclic) bond motifs is 1. The number of hydrogen-bond acceptors (Lipinski definition) is 9. The summed E-state index contributed by atoms with van der Waals surface area (Å²) in [5, 5.41) is 13.4. The molecule has 0 radical (unpaired) electrons. The number of nitrogens with zero attached hydrogens (tertiary/aromatic N) is 5. The summed E-state index contributed by atoms with van der Waals surface area (Å²) < 4.78 is 23.5. The summed E-state index contributed by atoms with van der Waals surface area (Å²) in [6.45, 7) is 3.40. The topological polar surface area (TPSA) is 121 Å². The fourth-order valence-corrected chi connectivity index (χ4v) is 4.87. The van der Waals surface area contributed by atoms with Crippen molar-refractivity contribution in [3.05, 3.63) is 93.9 Å². The summed E-state index contributed by atoms with van der Waals surface area (Å²) in [5.41, 5.74) is 2.16. The third-order valence-corrected chi connectivity index (χ3v) is 6.91. The smallest absolute Gasteiger partial charge is 0.252 e. The SMILES string of the molecule is CC[C@H](c1nnnn1Cc1ccco1)N(Cc1ccc(OC)cc1)Cc1cc2cc(OC)c(OC)cc2[nH]c1=O. The van der Waals surface area contributed by atoms with Crippen LogP contribution in [0.25, 0.3) is 10.9 Å². The molecule has 3 heterocycles. The van der Waals surface area contributed by atoms with E-state index in [1.54, 1.807) is 38.3 Å². The average molecular weight is 545 g/mol. The molecule has 11 nitrogen and oxygen atoms in total. The van der Waals surface area contributed by atoms with Gasteiger partial charge in [-0.1, -0.05) is 19.1 Å². The van der Waals surface area contributed by atoms with Crippen molar-refractivity contribution in [3.63, 3.8) is 0 Å². The van der Waals surface area contributed by atoms with Crippen LogP contribution in [0, 0.1) is 0 Å². The highest BCUT2D eigenvalue weighted by Crippen LogP contribution is 2.32. The van der Waals surface area contributed by atoms with Crippen LogP contribution in [0.2, 0.25) is 0 Å². The lowest BCUT2D eigenvalue weighted by atomic mass is 10.1. The Hall–Kier alpha value is -4.64. The molecule has 0 aliphatic carbocycles. The Morgan fingerprint density at radius 3 is 2.45 bits per heavy atom. The van der Waals surface area contributed by atoms with Crippen LogP contribution in [0.4, 0.5) is 0 Å². The molecule has 0 aliphatic rings. The average Bonchev–Trinajstić information content (AvgIpc) is 3.66. The lowest BCUT2D eigenvalue weighted by Gasteiger charge is -2.30. The number of ether oxygens (including phenoxy) is 3. The molecule has 0 saturated carbocycles. The number of aromatic nitrogens is 5. The van der Waals surface area contributed by atoms with Gasteiger partial charge in [0.1, 0.15) is 18.1 Å². The Kier molecular flexibility index (Phi) is 8.11. The van der Waals surface area contributed by atoms with Gasteiger partial charge in [-0.05, 0) is 58.8 Å². The Morgan fingerprint density at radius 1 is 1.00 bits per heavy atom. The van der Waals surface area contributed by atoms with E-state index in [1.165, 1.54) is 0 Å². The molecule has 0 bridgehead atoms. The molecule has 5 aromatic rings. The summed E-state index contributed by atoms with van der Waals surface area (Å²) in [6.07, 6.45) is 2.34. The second-order valence-corrected chi connectivity index (χ2v) is 9.37. The molecule has 0 fully saturated rings. The van der Waals surface area contributed by atoms with Gasteiger partial charge in [0.25, 0.3) is 5.56 Å². The van der Waals surface area contributed by atoms with E-state index in [9.17, 15) is 4.79 Å². The minimum Gasteiger partial charge on any atom is -0.497 e. The Morgan fingerprint density at radius 2 is 1.77 bits per heavy atom. The first kappa shape index (κ1) is 26.9. The van der Waals surface area contributed by atoms with Crippen LogP contribution in [-0.4, -0.2) is 51.4 Å². The number of tetrazole rings is 1. The van der Waals surface area contributed by atoms with Crippen LogP contribution >= 0.6 is 0 Å². The van der Waals surface area contributed by atoms with Crippen LogP contribution in [-0.2, 0) is 19.6 Å². The Bertz CT molecular complexity index is 1610. The molecule has 11 heteroatoms. The first-order valence-corrected chi connectivity index (χ1v) is 13.0. The number of furan rings is 1. The molecule has 40 heavy (non-hydrogen) atoms. The Labute approximate surface area is 231 Å². The normalized spacial score (nSPS) is 12.1. The van der Waals surface area contributed by atoms with E-state index in [4.69, 9.17) is 18.6 Å². The van der Waals surface area contributed by atoms with Crippen LogP contribution in [0.3, 0.4) is 0 Å². The molecule has 0 amide bonds. The molecule has 2 aromatic carbocycles. The van der Waals surface area contributed by atoms with E-state index in [0.717, 1.165) is 22.5 Å². The molecular weight excluding hydrogens is 512 g/mol. The zero-order valence-electron chi connectivity index (χ0n) is 23.0. The summed E-state index contributed by atoms with van der Waals surface area (Å²) in [6, 6.07) is 17.0. The van der Waals surface area contributed by atoms with Crippen molar-refractivity contribution in [1.82, 2.24) is 30.1 Å². The number of hydrogen-bond donors (Lipinski definition) is 1. The summed E-state index contributed by atoms with van der Waals surface area (Å²) in [7, 11) is 4.80. The van der Waals surface area contributed by atoms with E-state index in [2.05, 4.69) is 32.3 Å². The van der Waals surface area contributed by atoms with Gasteiger partial charge in [0, 0.05) is 30.1 Å². The molecule has 0 saturated heterocycles. The van der Waals surface area contributed by atoms with Gasteiger partial charge in [-0.3, -0.25) is 9.69 Å². The van der Waals surface area contributed by atoms with Gasteiger partial charge in [-0.25, -0.2) is 4.68 Å². The molecule has 3 aromatic heterocycles. The summed E-state index contributed by atoms with van der Waals surface area (Å²) >= 11 is 0. The molecule has 0 aliphatic heterocycles. The third-order valence-electron chi connectivity index (χ3n) is 6.91. The molecule has 0 spiro atoms. The van der Waals surface area contributed by atoms with Crippen LogP contribution < -0.4 is 19.8 Å². The van der Waals surface area contributed by atoms with E-state index in [0.29, 0.717) is 54.5 Å². The van der Waals surface area contributed by atoms with Gasteiger partial charge in [0.2, 0.25) is 0 Å². The number of aromatic amines is 1. The minimum atomic E-state index is -0.187. The van der Waals surface area contributed by atoms with Crippen molar-refractivity contribution in [2.45, 2.75) is 39.0 Å². The van der Waals surface area contributed by atoms with Crippen molar-refractivity contribution >= 4 is 10.9 Å². The van der Waals surface area contributed by atoms with E-state index < -0.39 is 0 Å². The third kappa shape index (κ3) is 5.69. The van der Waals surface area contributed by atoms with Gasteiger partial charge in [-0.2, -0.15) is 0 Å². The molecule has 0 unspecified atom stereocenters. The van der Waals surface area contributed by atoms with Crippen LogP contribution in [0.1, 0.15) is 42.1 Å². The fourth-order valence-electron chi connectivity index (χ4n) is 4.87. The Balaban J connectivity index is 1.53. The van der Waals surface area contributed by atoms with Gasteiger partial charge in [0.15, 0.2) is 17.3 Å². The lowest BCUT2D eigenvalue weighted by molar-refractivity contribution is 0.161. The maximum absolute atomic E-state index is 13.3. The second-order valence-electron chi connectivity index (χ2n) is 9.37. The second kappa shape index (κ2) is 12.0. The quantitative estimate of drug-likeness (QED) is 0.245. The van der Waals surface area contributed by atoms with Crippen LogP contribution in [0.15, 0.2) is 70.1 Å². The van der Waals surface area contributed by atoms with E-state index in [1.807, 2.05) is 48.5 Å². The zero-order valence-corrected chi connectivity index (χ0v) is 23.0. The lowest BCUT2D eigenvalue weighted by Crippen LogP contribution is -2.32. The minimum absolute atomic E-state index is 0.176. The molecule has 5 rings (SSSR count). The predicted octanol–water partition coefficient (Wildman–Crippen LogP) is 4.34. The maximum atomic E-state index is 13.3. The standard InChI is InChI=1S/C29H32N6O5/c1-5-25(28-31-32-33-35(28)18-23-7-6-12-40-23)34(16-19-8-10-22(37-2)11-9-19)17-21-13-20-14-26(38-3)27(39-4)15-24(20)30-29(21)36/h6-15,25H,5,16-18H2,1-4H3,(H,30,36)/t25-/m1/s1. The fraction of sp³-hybridized carbons (Fsp3) is 0.310. The highest BCUT2D eigenvalue weighted by Gasteiger charge is 2.26. The number of nitrogens with one attached hydrogen (secondary N) is 1. The highest BCUT2D eigenvalue weighted by molar-refractivity contribution is 5.83. The van der Waals surface area contributed by atoms with Crippen molar-refractivity contribution in [1.29, 1.82) is 0 Å².